The molecule has 0 N–H and O–H groups in total. The molecule has 2 aromatic rings. The van der Waals surface area contributed by atoms with Gasteiger partial charge in [0.15, 0.2) is 5.69 Å². The van der Waals surface area contributed by atoms with Crippen molar-refractivity contribution in [2.75, 3.05) is 0 Å². The van der Waals surface area contributed by atoms with Gasteiger partial charge in [-0.15, -0.1) is 5.10 Å². The predicted molar refractivity (Wildman–Crippen MR) is 73.7 cm³/mol. The van der Waals surface area contributed by atoms with Crippen LogP contribution in [-0.2, 0) is 13.0 Å². The molecular weight excluding hydrogens is 236 g/mol. The maximum atomic E-state index is 8.96. The van der Waals surface area contributed by atoms with Gasteiger partial charge in [0.05, 0.1) is 12.2 Å². The second-order valence-corrected chi connectivity index (χ2v) is 4.90. The van der Waals surface area contributed by atoms with Gasteiger partial charge in [-0.05, 0) is 23.5 Å². The molecule has 0 aliphatic carbocycles. The van der Waals surface area contributed by atoms with Gasteiger partial charge in [-0.25, -0.2) is 4.68 Å². The van der Waals surface area contributed by atoms with E-state index in [2.05, 4.69) is 54.5 Å². The van der Waals surface area contributed by atoms with Crippen molar-refractivity contribution in [3.05, 3.63) is 46.8 Å². The summed E-state index contributed by atoms with van der Waals surface area (Å²) < 4.78 is 1.81. The van der Waals surface area contributed by atoms with E-state index in [1.807, 2.05) is 11.6 Å². The maximum absolute atomic E-state index is 8.96. The molecule has 0 radical (unpaired) electrons. The van der Waals surface area contributed by atoms with Crippen molar-refractivity contribution in [2.24, 2.45) is 0 Å². The van der Waals surface area contributed by atoms with Crippen LogP contribution in [0.5, 0.6) is 0 Å². The molecule has 4 heteroatoms. The van der Waals surface area contributed by atoms with Crippen molar-refractivity contribution < 1.29 is 0 Å². The van der Waals surface area contributed by atoms with Gasteiger partial charge in [-0.3, -0.25) is 0 Å². The average molecular weight is 254 g/mol. The minimum absolute atomic E-state index is 0.432. The molecule has 98 valence electrons. The van der Waals surface area contributed by atoms with E-state index in [0.717, 1.165) is 12.1 Å². The minimum atomic E-state index is 0.432. The lowest BCUT2D eigenvalue weighted by molar-refractivity contribution is 0.621. The molecule has 0 saturated heterocycles. The first-order valence-corrected chi connectivity index (χ1v) is 6.57. The summed E-state index contributed by atoms with van der Waals surface area (Å²) in [5, 5.41) is 16.9. The Kier molecular flexibility index (Phi) is 3.96. The molecular formula is C15H18N4. The Balaban J connectivity index is 2.22. The second kappa shape index (κ2) is 5.66. The van der Waals surface area contributed by atoms with Crippen molar-refractivity contribution in [3.63, 3.8) is 0 Å². The summed E-state index contributed by atoms with van der Waals surface area (Å²) in [6.45, 7) is 7.04. The van der Waals surface area contributed by atoms with Crippen molar-refractivity contribution in [1.82, 2.24) is 15.0 Å². The zero-order valence-electron chi connectivity index (χ0n) is 11.6. The summed E-state index contributed by atoms with van der Waals surface area (Å²) in [6.07, 6.45) is 0.764. The van der Waals surface area contributed by atoms with Crippen LogP contribution in [0.2, 0.25) is 0 Å². The third kappa shape index (κ3) is 2.82. The standard InChI is InChI=1S/C15H18N4/c1-4-15-14(9-16)17-18-19(15)10-12-5-7-13(8-6-12)11(2)3/h5-8,11H,4,10H2,1-3H3. The first-order chi connectivity index (χ1) is 9.15. The molecule has 0 unspecified atom stereocenters. The first-order valence-electron chi connectivity index (χ1n) is 6.57. The zero-order valence-corrected chi connectivity index (χ0v) is 11.6. The summed E-state index contributed by atoms with van der Waals surface area (Å²) in [5.74, 6) is 0.539. The Labute approximate surface area is 113 Å². The highest BCUT2D eigenvalue weighted by molar-refractivity contribution is 5.27. The number of hydrogen-bond acceptors (Lipinski definition) is 3. The fourth-order valence-electron chi connectivity index (χ4n) is 2.08. The summed E-state index contributed by atoms with van der Waals surface area (Å²) in [5.41, 5.74) is 3.83. The van der Waals surface area contributed by atoms with Crippen LogP contribution < -0.4 is 0 Å². The van der Waals surface area contributed by atoms with E-state index in [0.29, 0.717) is 18.2 Å². The van der Waals surface area contributed by atoms with E-state index < -0.39 is 0 Å². The monoisotopic (exact) mass is 254 g/mol. The third-order valence-corrected chi connectivity index (χ3v) is 3.26. The molecule has 0 saturated carbocycles. The quantitative estimate of drug-likeness (QED) is 0.843. The van der Waals surface area contributed by atoms with Crippen molar-refractivity contribution in [3.8, 4) is 6.07 Å². The van der Waals surface area contributed by atoms with Crippen LogP contribution in [0.4, 0.5) is 0 Å². The molecule has 2 rings (SSSR count). The smallest absolute Gasteiger partial charge is 0.185 e. The lowest BCUT2D eigenvalue weighted by Gasteiger charge is -2.08. The number of nitrogens with zero attached hydrogens (tertiary/aromatic N) is 4. The summed E-state index contributed by atoms with van der Waals surface area (Å²) in [4.78, 5) is 0. The lowest BCUT2D eigenvalue weighted by atomic mass is 10.0. The van der Waals surface area contributed by atoms with Gasteiger partial charge in [-0.2, -0.15) is 5.26 Å². The summed E-state index contributed by atoms with van der Waals surface area (Å²) in [7, 11) is 0. The second-order valence-electron chi connectivity index (χ2n) is 4.90. The molecule has 0 amide bonds. The van der Waals surface area contributed by atoms with E-state index in [-0.39, 0.29) is 0 Å². The molecule has 4 nitrogen and oxygen atoms in total. The molecule has 0 spiro atoms. The molecule has 1 aromatic heterocycles. The van der Waals surface area contributed by atoms with Crippen LogP contribution in [0.3, 0.4) is 0 Å². The van der Waals surface area contributed by atoms with Crippen LogP contribution >= 0.6 is 0 Å². The molecule has 0 fully saturated rings. The normalized spacial score (nSPS) is 10.7. The number of aromatic nitrogens is 3. The summed E-state index contributed by atoms with van der Waals surface area (Å²) >= 11 is 0. The fraction of sp³-hybridized carbons (Fsp3) is 0.400. The van der Waals surface area contributed by atoms with Crippen LogP contribution in [0.1, 0.15) is 49.2 Å². The van der Waals surface area contributed by atoms with Crippen molar-refractivity contribution in [1.29, 1.82) is 5.26 Å². The molecule has 0 atom stereocenters. The first kappa shape index (κ1) is 13.3. The van der Waals surface area contributed by atoms with Gasteiger partial charge < -0.3 is 0 Å². The lowest BCUT2D eigenvalue weighted by Crippen LogP contribution is -2.06. The number of rotatable bonds is 4. The van der Waals surface area contributed by atoms with Gasteiger partial charge >= 0.3 is 0 Å². The number of nitriles is 1. The highest BCUT2D eigenvalue weighted by Gasteiger charge is 2.10. The Morgan fingerprint density at radius 3 is 2.47 bits per heavy atom. The number of benzene rings is 1. The number of hydrogen-bond donors (Lipinski definition) is 0. The fourth-order valence-corrected chi connectivity index (χ4v) is 2.08. The van der Waals surface area contributed by atoms with Gasteiger partial charge in [0.1, 0.15) is 6.07 Å². The summed E-state index contributed by atoms with van der Waals surface area (Å²) in [6, 6.07) is 10.6. The third-order valence-electron chi connectivity index (χ3n) is 3.26. The van der Waals surface area contributed by atoms with Crippen LogP contribution in [-0.4, -0.2) is 15.0 Å². The van der Waals surface area contributed by atoms with Gasteiger partial charge in [0.25, 0.3) is 0 Å². The van der Waals surface area contributed by atoms with E-state index in [1.165, 1.54) is 11.1 Å². The highest BCUT2D eigenvalue weighted by Crippen LogP contribution is 2.16. The molecule has 0 aliphatic rings. The van der Waals surface area contributed by atoms with Gasteiger partial charge in [0, 0.05) is 0 Å². The molecule has 1 heterocycles. The van der Waals surface area contributed by atoms with Crippen LogP contribution in [0, 0.1) is 11.3 Å². The Morgan fingerprint density at radius 2 is 1.95 bits per heavy atom. The van der Waals surface area contributed by atoms with Gasteiger partial charge in [0.2, 0.25) is 0 Å². The minimum Gasteiger partial charge on any atom is -0.244 e. The van der Waals surface area contributed by atoms with Crippen molar-refractivity contribution >= 4 is 0 Å². The molecule has 1 aromatic carbocycles. The van der Waals surface area contributed by atoms with E-state index in [9.17, 15) is 0 Å². The predicted octanol–water partition coefficient (Wildman–Crippen LogP) is 2.88. The SMILES string of the molecule is CCc1c(C#N)nnn1Cc1ccc(C(C)C)cc1. The van der Waals surface area contributed by atoms with Crippen LogP contribution in [0.25, 0.3) is 0 Å². The maximum Gasteiger partial charge on any atom is 0.185 e. The molecule has 0 bridgehead atoms. The Hall–Kier alpha value is -2.15. The van der Waals surface area contributed by atoms with E-state index >= 15 is 0 Å². The van der Waals surface area contributed by atoms with E-state index in [1.54, 1.807) is 0 Å². The molecule has 0 aliphatic heterocycles. The Bertz CT molecular complexity index is 588. The van der Waals surface area contributed by atoms with E-state index in [4.69, 9.17) is 5.26 Å². The Morgan fingerprint density at radius 1 is 1.26 bits per heavy atom. The van der Waals surface area contributed by atoms with Crippen molar-refractivity contribution in [2.45, 2.75) is 39.7 Å². The topological polar surface area (TPSA) is 54.5 Å². The average Bonchev–Trinajstić information content (AvgIpc) is 2.81. The van der Waals surface area contributed by atoms with Crippen LogP contribution in [0.15, 0.2) is 24.3 Å². The zero-order chi connectivity index (χ0) is 13.8. The molecule has 19 heavy (non-hydrogen) atoms. The highest BCUT2D eigenvalue weighted by atomic mass is 15.4. The largest absolute Gasteiger partial charge is 0.244 e. The van der Waals surface area contributed by atoms with Gasteiger partial charge in [-0.1, -0.05) is 50.3 Å².